The van der Waals surface area contributed by atoms with Gasteiger partial charge in [0.25, 0.3) is 0 Å². The van der Waals surface area contributed by atoms with E-state index in [1.807, 2.05) is 19.9 Å². The number of carbonyl (C=O) groups is 2. The summed E-state index contributed by atoms with van der Waals surface area (Å²) in [5.41, 5.74) is 3.57. The Labute approximate surface area is 240 Å². The summed E-state index contributed by atoms with van der Waals surface area (Å²) in [5, 5.41) is 0.441. The summed E-state index contributed by atoms with van der Waals surface area (Å²) in [6.45, 7) is 8.79. The molecule has 2 aromatic rings. The predicted octanol–water partition coefficient (Wildman–Crippen LogP) is 7.56. The number of carbonyl (C=O) groups excluding carboxylic acids is 2. The number of halogens is 1. The molecule has 2 heterocycles. The average Bonchev–Trinajstić information content (AvgIpc) is 2.92. The molecule has 212 valence electrons. The summed E-state index contributed by atoms with van der Waals surface area (Å²) in [4.78, 5) is 35.5. The molecule has 1 atom stereocenters. The maximum Gasteiger partial charge on any atom is 0.223 e. The molecule has 0 N–H and O–H groups in total. The third-order valence-electron chi connectivity index (χ3n) is 8.94. The van der Waals surface area contributed by atoms with E-state index >= 15 is 0 Å². The van der Waals surface area contributed by atoms with Gasteiger partial charge in [0.1, 0.15) is 5.15 Å². The van der Waals surface area contributed by atoms with Crippen LogP contribution in [0, 0.1) is 19.8 Å². The summed E-state index contributed by atoms with van der Waals surface area (Å²) in [6.07, 6.45) is 11.4. The molecule has 1 aromatic heterocycles. The quantitative estimate of drug-likeness (QED) is 0.213. The van der Waals surface area contributed by atoms with E-state index in [2.05, 4.69) is 46.0 Å². The van der Waals surface area contributed by atoms with Gasteiger partial charge in [-0.1, -0.05) is 61.2 Å². The Hall–Kier alpha value is -2.24. The highest BCUT2D eigenvalue weighted by Gasteiger charge is 2.31. The zero-order valence-electron chi connectivity index (χ0n) is 24.1. The second-order valence-corrected chi connectivity index (χ2v) is 12.3. The first-order chi connectivity index (χ1) is 18.8. The van der Waals surface area contributed by atoms with Crippen LogP contribution < -0.4 is 0 Å². The molecule has 4 rings (SSSR count). The van der Waals surface area contributed by atoms with Gasteiger partial charge in [-0.15, -0.1) is 0 Å². The van der Waals surface area contributed by atoms with Crippen LogP contribution in [0.15, 0.2) is 36.4 Å². The molecule has 39 heavy (non-hydrogen) atoms. The number of benzene rings is 1. The summed E-state index contributed by atoms with van der Waals surface area (Å²) < 4.78 is 0. The number of aryl methyl sites for hydroxylation is 2. The number of likely N-dealkylation sites (tertiary alicyclic amines) is 1. The normalized spacial score (nSPS) is 18.2. The molecule has 0 bridgehead atoms. The second-order valence-electron chi connectivity index (χ2n) is 11.9. The van der Waals surface area contributed by atoms with Crippen LogP contribution in [0.3, 0.4) is 0 Å². The van der Waals surface area contributed by atoms with Crippen LogP contribution in [-0.2, 0) is 11.3 Å². The minimum atomic E-state index is 0.160. The van der Waals surface area contributed by atoms with Gasteiger partial charge in [0.2, 0.25) is 5.91 Å². The smallest absolute Gasteiger partial charge is 0.223 e. The van der Waals surface area contributed by atoms with Gasteiger partial charge in [-0.3, -0.25) is 9.59 Å². The molecular weight excluding hydrogens is 506 g/mol. The van der Waals surface area contributed by atoms with Crippen LogP contribution in [0.25, 0.3) is 0 Å². The van der Waals surface area contributed by atoms with E-state index in [0.717, 1.165) is 55.6 Å². The molecule has 2 fully saturated rings. The van der Waals surface area contributed by atoms with E-state index in [4.69, 9.17) is 11.6 Å². The molecule has 5 nitrogen and oxygen atoms in total. The fourth-order valence-corrected chi connectivity index (χ4v) is 6.96. The Kier molecular flexibility index (Phi) is 11.0. The average molecular weight is 552 g/mol. The Morgan fingerprint density at radius 3 is 2.41 bits per heavy atom. The van der Waals surface area contributed by atoms with Crippen molar-refractivity contribution < 1.29 is 9.59 Å². The molecule has 0 radical (unpaired) electrons. The number of amides is 1. The molecule has 2 aliphatic rings. The molecule has 1 aromatic carbocycles. The summed E-state index contributed by atoms with van der Waals surface area (Å²) in [5.74, 6) is 1.06. The fraction of sp³-hybridized carbons (Fsp3) is 0.606. The van der Waals surface area contributed by atoms with Crippen molar-refractivity contribution in [3.8, 4) is 0 Å². The molecule has 6 heteroatoms. The topological polar surface area (TPSA) is 53.5 Å². The minimum Gasteiger partial charge on any atom is -0.335 e. The summed E-state index contributed by atoms with van der Waals surface area (Å²) in [6, 6.07) is 13.0. The lowest BCUT2D eigenvalue weighted by Crippen LogP contribution is -2.49. The van der Waals surface area contributed by atoms with Crippen LogP contribution in [0.1, 0.15) is 105 Å². The number of pyridine rings is 1. The molecule has 1 saturated carbocycles. The highest BCUT2D eigenvalue weighted by atomic mass is 35.5. The third-order valence-corrected chi connectivity index (χ3v) is 9.13. The number of hydrogen-bond donors (Lipinski definition) is 0. The van der Waals surface area contributed by atoms with Gasteiger partial charge in [0.05, 0.1) is 5.69 Å². The van der Waals surface area contributed by atoms with E-state index in [1.54, 1.807) is 6.07 Å². The Balaban J connectivity index is 1.28. The number of hydrogen-bond acceptors (Lipinski definition) is 4. The number of Topliss-reactive ketones (excluding diaryl/α,β-unsaturated/α-hetero) is 1. The van der Waals surface area contributed by atoms with E-state index in [1.165, 1.54) is 37.7 Å². The predicted molar refractivity (Wildman–Crippen MR) is 159 cm³/mol. The zero-order chi connectivity index (χ0) is 27.8. The fourth-order valence-electron chi connectivity index (χ4n) is 6.67. The lowest BCUT2D eigenvalue weighted by molar-refractivity contribution is -0.136. The van der Waals surface area contributed by atoms with Gasteiger partial charge < -0.3 is 9.80 Å². The van der Waals surface area contributed by atoms with Crippen LogP contribution in [0.2, 0.25) is 5.15 Å². The SMILES string of the molecule is Cc1cc(Cl)nc(C)c1C(=O)CCCC(C)N1CCC(N(Cc2ccccc2)C(=O)CC2CCCCC2)CC1. The van der Waals surface area contributed by atoms with E-state index in [9.17, 15) is 9.59 Å². The second kappa shape index (κ2) is 14.4. The summed E-state index contributed by atoms with van der Waals surface area (Å²) >= 11 is 6.04. The molecule has 1 amide bonds. The number of ketones is 1. The number of piperidine rings is 1. The van der Waals surface area contributed by atoms with Gasteiger partial charge in [-0.2, -0.15) is 0 Å². The molecular formula is C33H46ClN3O2. The lowest BCUT2D eigenvalue weighted by Gasteiger charge is -2.41. The Morgan fingerprint density at radius 1 is 1.05 bits per heavy atom. The number of nitrogens with zero attached hydrogens (tertiary/aromatic N) is 3. The van der Waals surface area contributed by atoms with Crippen molar-refractivity contribution in [2.75, 3.05) is 13.1 Å². The van der Waals surface area contributed by atoms with Crippen molar-refractivity contribution in [2.45, 2.75) is 110 Å². The molecule has 0 spiro atoms. The van der Waals surface area contributed by atoms with Gasteiger partial charge in [-0.25, -0.2) is 4.98 Å². The highest BCUT2D eigenvalue weighted by molar-refractivity contribution is 6.29. The van der Waals surface area contributed by atoms with Crippen LogP contribution in [-0.4, -0.2) is 51.6 Å². The molecule has 1 aliphatic carbocycles. The van der Waals surface area contributed by atoms with Crippen LogP contribution >= 0.6 is 11.6 Å². The highest BCUT2D eigenvalue weighted by Crippen LogP contribution is 2.29. The largest absolute Gasteiger partial charge is 0.335 e. The van der Waals surface area contributed by atoms with Gasteiger partial charge in [0.15, 0.2) is 5.78 Å². The number of rotatable bonds is 11. The van der Waals surface area contributed by atoms with Gasteiger partial charge in [0, 0.05) is 50.1 Å². The Morgan fingerprint density at radius 2 is 1.74 bits per heavy atom. The van der Waals surface area contributed by atoms with Crippen molar-refractivity contribution in [3.63, 3.8) is 0 Å². The van der Waals surface area contributed by atoms with E-state index in [-0.39, 0.29) is 5.78 Å². The Bertz CT molecular complexity index is 1070. The molecule has 1 saturated heterocycles. The third kappa shape index (κ3) is 8.38. The van der Waals surface area contributed by atoms with Crippen molar-refractivity contribution >= 4 is 23.3 Å². The molecule has 1 aliphatic heterocycles. The van der Waals surface area contributed by atoms with Gasteiger partial charge >= 0.3 is 0 Å². The monoisotopic (exact) mass is 551 g/mol. The number of aromatic nitrogens is 1. The van der Waals surface area contributed by atoms with Gasteiger partial charge in [-0.05, 0) is 82.4 Å². The minimum absolute atomic E-state index is 0.160. The summed E-state index contributed by atoms with van der Waals surface area (Å²) in [7, 11) is 0. The van der Waals surface area contributed by atoms with E-state index in [0.29, 0.717) is 48.4 Å². The standard InChI is InChI=1S/C33H46ClN3O2/c1-24-21-31(34)35-26(3)33(24)30(38)16-10-11-25(2)36-19-17-29(18-20-36)37(23-28-14-8-5-9-15-28)32(39)22-27-12-6-4-7-13-27/h5,8-9,14-15,21,25,27,29H,4,6-7,10-13,16-20,22-23H2,1-3H3. The van der Waals surface area contributed by atoms with Crippen molar-refractivity contribution in [1.82, 2.24) is 14.8 Å². The zero-order valence-corrected chi connectivity index (χ0v) is 24.9. The van der Waals surface area contributed by atoms with Crippen molar-refractivity contribution in [2.24, 2.45) is 5.92 Å². The maximum atomic E-state index is 13.6. The maximum absolute atomic E-state index is 13.6. The first-order valence-corrected chi connectivity index (χ1v) is 15.4. The molecule has 1 unspecified atom stereocenters. The first kappa shape index (κ1) is 29.7. The van der Waals surface area contributed by atoms with E-state index < -0.39 is 0 Å². The lowest BCUT2D eigenvalue weighted by atomic mass is 9.86. The van der Waals surface area contributed by atoms with Crippen LogP contribution in [0.4, 0.5) is 0 Å². The van der Waals surface area contributed by atoms with Crippen LogP contribution in [0.5, 0.6) is 0 Å². The van der Waals surface area contributed by atoms with Crippen molar-refractivity contribution in [1.29, 1.82) is 0 Å². The van der Waals surface area contributed by atoms with Crippen molar-refractivity contribution in [3.05, 3.63) is 63.9 Å². The first-order valence-electron chi connectivity index (χ1n) is 15.1.